The molecule has 2 aromatic carbocycles. The Morgan fingerprint density at radius 2 is 0.952 bits per heavy atom. The molecule has 2 aromatic rings. The first kappa shape index (κ1) is 16.2. The molecule has 0 spiro atoms. The van der Waals surface area contributed by atoms with Gasteiger partial charge in [0.2, 0.25) is 0 Å². The molecule has 0 aromatic heterocycles. The van der Waals surface area contributed by atoms with E-state index < -0.39 is 29.1 Å². The van der Waals surface area contributed by atoms with Gasteiger partial charge < -0.3 is 0 Å². The van der Waals surface area contributed by atoms with Gasteiger partial charge in [-0.05, 0) is 0 Å². The third-order valence-corrected chi connectivity index (χ3v) is 109. The second-order valence-corrected chi connectivity index (χ2v) is 57.3. The van der Waals surface area contributed by atoms with Crippen molar-refractivity contribution >= 4 is 53.0 Å². The molecule has 1 saturated heterocycles. The first-order valence-corrected chi connectivity index (χ1v) is 27.3. The molecule has 1 fully saturated rings. The fourth-order valence-corrected chi connectivity index (χ4v) is 191. The summed E-state index contributed by atoms with van der Waals surface area (Å²) in [4.78, 5) is 0. The van der Waals surface area contributed by atoms with Crippen molar-refractivity contribution in [3.05, 3.63) is 60.7 Å². The zero-order valence-corrected chi connectivity index (χ0v) is 19.6. The number of hydrogen-bond acceptors (Lipinski definition) is 2. The van der Waals surface area contributed by atoms with E-state index in [1.165, 1.54) is 0 Å². The third kappa shape index (κ3) is 2.82. The number of rotatable bonds is 2. The molecular formula is C16H22S2Si2Sn. The predicted molar refractivity (Wildman–Crippen MR) is 108 cm³/mol. The molecule has 0 amide bonds. The van der Waals surface area contributed by atoms with Crippen molar-refractivity contribution in [2.24, 2.45) is 0 Å². The molecule has 0 unspecified atom stereocenters. The molecule has 0 aliphatic carbocycles. The summed E-state index contributed by atoms with van der Waals surface area (Å²) < 4.78 is 3.35. The van der Waals surface area contributed by atoms with Crippen molar-refractivity contribution in [2.45, 2.75) is 26.2 Å². The Kier molecular flexibility index (Phi) is 4.47. The maximum atomic E-state index is 2.63. The van der Waals surface area contributed by atoms with Crippen LogP contribution < -0.4 is 7.16 Å². The van der Waals surface area contributed by atoms with Crippen molar-refractivity contribution in [2.75, 3.05) is 0 Å². The zero-order valence-electron chi connectivity index (χ0n) is 13.1. The molecule has 21 heavy (non-hydrogen) atoms. The summed E-state index contributed by atoms with van der Waals surface area (Å²) in [6.07, 6.45) is 0. The minimum absolute atomic E-state index is 1.16. The van der Waals surface area contributed by atoms with Gasteiger partial charge in [-0.15, -0.1) is 0 Å². The van der Waals surface area contributed by atoms with E-state index in [0.29, 0.717) is 0 Å². The third-order valence-electron chi connectivity index (χ3n) is 4.56. The molecule has 0 saturated carbocycles. The second kappa shape index (κ2) is 5.78. The van der Waals surface area contributed by atoms with E-state index in [0.717, 1.165) is 0 Å². The molecule has 0 bridgehead atoms. The standard InChI is InChI=1S/2C6H5.C4H12S2Si2.Sn/c2*1-2-4-6-5-3-1;1-7(2,5)8(3,4)6;/h2*1-5H;1-4H3;/q;;-2;+2. The molecule has 0 atom stereocenters. The Balaban J connectivity index is 2.20. The van der Waals surface area contributed by atoms with Crippen LogP contribution in [-0.4, -0.2) is 29.1 Å². The molecule has 1 heterocycles. The van der Waals surface area contributed by atoms with Crippen molar-refractivity contribution in [3.63, 3.8) is 0 Å². The summed E-state index contributed by atoms with van der Waals surface area (Å²) in [5.74, 6) is 0. The zero-order chi connectivity index (χ0) is 15.1. The fourth-order valence-electron chi connectivity index (χ4n) is 2.70. The Bertz CT molecular complexity index is 572. The molecule has 0 nitrogen and oxygen atoms in total. The normalized spacial score (nSPS) is 22.1. The second-order valence-electron chi connectivity index (χ2n) is 6.57. The Labute approximate surface area is 139 Å². The first-order valence-electron chi connectivity index (χ1n) is 7.39. The molecular weight excluding hydrogens is 431 g/mol. The van der Waals surface area contributed by atoms with Gasteiger partial charge in [0.25, 0.3) is 0 Å². The molecule has 3 rings (SSSR count). The van der Waals surface area contributed by atoms with Crippen LogP contribution in [0.1, 0.15) is 0 Å². The summed E-state index contributed by atoms with van der Waals surface area (Å²) >= 11 is -2.62. The van der Waals surface area contributed by atoms with E-state index in [9.17, 15) is 0 Å². The number of benzene rings is 2. The molecule has 0 N–H and O–H groups in total. The van der Waals surface area contributed by atoms with Crippen LogP contribution in [0.4, 0.5) is 0 Å². The van der Waals surface area contributed by atoms with Gasteiger partial charge in [-0.2, -0.15) is 0 Å². The van der Waals surface area contributed by atoms with Gasteiger partial charge in [-0.3, -0.25) is 0 Å². The van der Waals surface area contributed by atoms with Gasteiger partial charge in [0.05, 0.1) is 0 Å². The molecule has 0 radical (unpaired) electrons. The Hall–Kier alpha value is 0.372. The topological polar surface area (TPSA) is 0 Å². The quantitative estimate of drug-likeness (QED) is 0.625. The van der Waals surface area contributed by atoms with Gasteiger partial charge in [0.1, 0.15) is 0 Å². The fraction of sp³-hybridized carbons (Fsp3) is 0.250. The SMILES string of the molecule is C[Si]1(C)[S][Sn]([c]2ccccc2)([c]2ccccc2)[S][Si]1(C)C. The Morgan fingerprint density at radius 3 is 1.29 bits per heavy atom. The van der Waals surface area contributed by atoms with E-state index >= 15 is 0 Å². The molecule has 1 aliphatic heterocycles. The van der Waals surface area contributed by atoms with Gasteiger partial charge >= 0.3 is 140 Å². The van der Waals surface area contributed by atoms with Crippen molar-refractivity contribution < 1.29 is 0 Å². The van der Waals surface area contributed by atoms with Crippen LogP contribution in [0, 0.1) is 0 Å². The minimum atomic E-state index is -2.62. The van der Waals surface area contributed by atoms with Crippen LogP contribution in [-0.2, 0) is 0 Å². The van der Waals surface area contributed by atoms with Gasteiger partial charge in [-0.1, -0.05) is 0 Å². The van der Waals surface area contributed by atoms with Crippen molar-refractivity contribution in [3.8, 4) is 0 Å². The molecule has 5 heteroatoms. The van der Waals surface area contributed by atoms with Gasteiger partial charge in [0, 0.05) is 0 Å². The predicted octanol–water partition coefficient (Wildman–Crippen LogP) is 4.21. The Morgan fingerprint density at radius 1 is 0.619 bits per heavy atom. The van der Waals surface area contributed by atoms with E-state index in [4.69, 9.17) is 0 Å². The summed E-state index contributed by atoms with van der Waals surface area (Å²) in [5, 5.41) is 0. The average Bonchev–Trinajstić information content (AvgIpc) is 2.67. The van der Waals surface area contributed by atoms with Crippen molar-refractivity contribution in [1.82, 2.24) is 0 Å². The molecule has 110 valence electrons. The van der Waals surface area contributed by atoms with Crippen LogP contribution in [0.25, 0.3) is 0 Å². The first-order chi connectivity index (χ1) is 9.87. The number of hydrogen-bond donors (Lipinski definition) is 0. The van der Waals surface area contributed by atoms with Crippen LogP contribution in [0.5, 0.6) is 0 Å². The van der Waals surface area contributed by atoms with Crippen LogP contribution in [0.2, 0.25) is 26.2 Å². The van der Waals surface area contributed by atoms with E-state index in [-0.39, 0.29) is 0 Å². The average molecular weight is 453 g/mol. The van der Waals surface area contributed by atoms with Gasteiger partial charge in [-0.25, -0.2) is 0 Å². The van der Waals surface area contributed by atoms with E-state index in [1.54, 1.807) is 7.16 Å². The summed E-state index contributed by atoms with van der Waals surface area (Å²) in [6.45, 7) is 8.19. The monoisotopic (exact) mass is 454 g/mol. The molecule has 1 aliphatic rings. The van der Waals surface area contributed by atoms with E-state index in [2.05, 4.69) is 104 Å². The van der Waals surface area contributed by atoms with Crippen LogP contribution in [0.15, 0.2) is 60.7 Å². The van der Waals surface area contributed by atoms with Gasteiger partial charge in [0.15, 0.2) is 0 Å². The maximum absolute atomic E-state index is 2.63. The van der Waals surface area contributed by atoms with Crippen LogP contribution >= 0.6 is 16.8 Å². The van der Waals surface area contributed by atoms with E-state index in [1.807, 2.05) is 0 Å². The summed E-state index contributed by atoms with van der Waals surface area (Å²) in [6, 6.07) is 22.9. The summed E-state index contributed by atoms with van der Waals surface area (Å²) in [5.41, 5.74) is 0. The summed E-state index contributed by atoms with van der Waals surface area (Å²) in [7, 11) is 5.00. The van der Waals surface area contributed by atoms with Crippen LogP contribution in [0.3, 0.4) is 0 Å². The van der Waals surface area contributed by atoms with Crippen molar-refractivity contribution in [1.29, 1.82) is 0 Å².